The summed E-state index contributed by atoms with van der Waals surface area (Å²) < 4.78 is 0. The molecule has 17 heavy (non-hydrogen) atoms. The molecule has 0 amide bonds. The van der Waals surface area contributed by atoms with Crippen molar-refractivity contribution in [3.63, 3.8) is 0 Å². The highest BCUT2D eigenvalue weighted by atomic mass is 15.2. The van der Waals surface area contributed by atoms with E-state index in [1.165, 1.54) is 31.4 Å². The van der Waals surface area contributed by atoms with Crippen LogP contribution in [-0.4, -0.2) is 37.1 Å². The van der Waals surface area contributed by atoms with Crippen LogP contribution in [0.2, 0.25) is 0 Å². The summed E-state index contributed by atoms with van der Waals surface area (Å²) in [7, 11) is 2.28. The molecule has 2 unspecified atom stereocenters. The molecular formula is C15H22N2. The first-order valence-corrected chi connectivity index (χ1v) is 6.80. The van der Waals surface area contributed by atoms with Gasteiger partial charge in [0.05, 0.1) is 0 Å². The normalized spacial score (nSPS) is 30.4. The average Bonchev–Trinajstić information content (AvgIpc) is 3.17. The highest BCUT2D eigenvalue weighted by Gasteiger charge is 2.35. The molecule has 0 aromatic heterocycles. The molecule has 0 radical (unpaired) electrons. The van der Waals surface area contributed by atoms with Crippen molar-refractivity contribution >= 4 is 0 Å². The Morgan fingerprint density at radius 3 is 2.65 bits per heavy atom. The fourth-order valence-corrected chi connectivity index (χ4v) is 2.90. The third-order valence-corrected chi connectivity index (χ3v) is 4.23. The van der Waals surface area contributed by atoms with Crippen LogP contribution in [0, 0.1) is 5.92 Å². The molecule has 92 valence electrons. The molecule has 0 bridgehead atoms. The summed E-state index contributed by atoms with van der Waals surface area (Å²) in [6, 6.07) is 12.3. The van der Waals surface area contributed by atoms with E-state index in [0.29, 0.717) is 6.04 Å². The number of rotatable bonds is 3. The third kappa shape index (κ3) is 2.70. The fourth-order valence-electron chi connectivity index (χ4n) is 2.90. The highest BCUT2D eigenvalue weighted by molar-refractivity contribution is 5.16. The molecule has 1 aliphatic carbocycles. The van der Waals surface area contributed by atoms with Crippen LogP contribution >= 0.6 is 0 Å². The summed E-state index contributed by atoms with van der Waals surface area (Å²) in [6.07, 6.45) is 4.05. The van der Waals surface area contributed by atoms with Crippen molar-refractivity contribution in [2.75, 3.05) is 20.1 Å². The molecule has 0 spiro atoms. The third-order valence-electron chi connectivity index (χ3n) is 4.23. The number of likely N-dealkylation sites (N-methyl/N-ethyl adjacent to an activating group) is 1. The molecule has 2 aliphatic rings. The van der Waals surface area contributed by atoms with E-state index in [1.54, 1.807) is 0 Å². The van der Waals surface area contributed by atoms with Crippen molar-refractivity contribution in [2.24, 2.45) is 5.92 Å². The number of benzene rings is 1. The Labute approximate surface area is 104 Å². The number of hydrogen-bond donors (Lipinski definition) is 1. The fraction of sp³-hybridized carbons (Fsp3) is 0.600. The second kappa shape index (κ2) is 4.79. The Hall–Kier alpha value is -0.860. The maximum atomic E-state index is 3.74. The van der Waals surface area contributed by atoms with Crippen molar-refractivity contribution in [3.05, 3.63) is 35.9 Å². The summed E-state index contributed by atoms with van der Waals surface area (Å²) >= 11 is 0. The lowest BCUT2D eigenvalue weighted by molar-refractivity contribution is 0.153. The number of nitrogens with one attached hydrogen (secondary N) is 1. The van der Waals surface area contributed by atoms with Gasteiger partial charge in [0.25, 0.3) is 0 Å². The zero-order valence-corrected chi connectivity index (χ0v) is 10.6. The van der Waals surface area contributed by atoms with Gasteiger partial charge in [0.15, 0.2) is 0 Å². The Kier molecular flexibility index (Phi) is 3.17. The van der Waals surface area contributed by atoms with E-state index in [0.717, 1.165) is 18.5 Å². The molecule has 2 nitrogen and oxygen atoms in total. The van der Waals surface area contributed by atoms with Crippen LogP contribution in [0.1, 0.15) is 18.4 Å². The highest BCUT2D eigenvalue weighted by Crippen LogP contribution is 2.34. The zero-order chi connectivity index (χ0) is 11.7. The second-order valence-electron chi connectivity index (χ2n) is 5.64. The lowest BCUT2D eigenvalue weighted by Gasteiger charge is -2.38. The minimum atomic E-state index is 0.660. The van der Waals surface area contributed by atoms with Crippen molar-refractivity contribution in [2.45, 2.75) is 31.3 Å². The molecule has 3 rings (SSSR count). The molecule has 1 saturated carbocycles. The Morgan fingerprint density at radius 2 is 2.00 bits per heavy atom. The van der Waals surface area contributed by atoms with E-state index in [4.69, 9.17) is 0 Å². The standard InChI is InChI=1S/C15H22N2/c1-17-11-15(13-7-8-13)16-10-14(17)9-12-5-3-2-4-6-12/h2-6,13-16H,7-11H2,1H3. The molecule has 1 aliphatic heterocycles. The quantitative estimate of drug-likeness (QED) is 0.853. The van der Waals surface area contributed by atoms with Gasteiger partial charge in [-0.2, -0.15) is 0 Å². The minimum absolute atomic E-state index is 0.660. The van der Waals surface area contributed by atoms with Gasteiger partial charge in [0.1, 0.15) is 0 Å². The predicted molar refractivity (Wildman–Crippen MR) is 71.1 cm³/mol. The maximum absolute atomic E-state index is 3.74. The van der Waals surface area contributed by atoms with Crippen molar-refractivity contribution in [1.29, 1.82) is 0 Å². The first-order valence-electron chi connectivity index (χ1n) is 6.80. The summed E-state index contributed by atoms with van der Waals surface area (Å²) in [4.78, 5) is 2.55. The summed E-state index contributed by atoms with van der Waals surface area (Å²) in [5, 5.41) is 3.74. The summed E-state index contributed by atoms with van der Waals surface area (Å²) in [5.41, 5.74) is 1.45. The van der Waals surface area contributed by atoms with Crippen LogP contribution in [-0.2, 0) is 6.42 Å². The molecule has 1 heterocycles. The van der Waals surface area contributed by atoms with Gasteiger partial charge in [0.2, 0.25) is 0 Å². The first-order chi connectivity index (χ1) is 8.33. The predicted octanol–water partition coefficient (Wildman–Crippen LogP) is 1.91. The SMILES string of the molecule is CN1CC(C2CC2)NCC1Cc1ccccc1. The van der Waals surface area contributed by atoms with Crippen molar-refractivity contribution < 1.29 is 0 Å². The molecule has 2 heteroatoms. The van der Waals surface area contributed by atoms with Crippen LogP contribution in [0.5, 0.6) is 0 Å². The molecule has 1 N–H and O–H groups in total. The first kappa shape index (κ1) is 11.2. The molecule has 1 aromatic rings. The maximum Gasteiger partial charge on any atom is 0.0258 e. The lowest BCUT2D eigenvalue weighted by Crippen LogP contribution is -2.56. The van der Waals surface area contributed by atoms with Crippen molar-refractivity contribution in [1.82, 2.24) is 10.2 Å². The number of piperazine rings is 1. The van der Waals surface area contributed by atoms with E-state index < -0.39 is 0 Å². The van der Waals surface area contributed by atoms with E-state index in [2.05, 4.69) is 47.6 Å². The molecule has 2 atom stereocenters. The summed E-state index contributed by atoms with van der Waals surface area (Å²) in [5.74, 6) is 0.968. The molecular weight excluding hydrogens is 208 g/mol. The minimum Gasteiger partial charge on any atom is -0.311 e. The van der Waals surface area contributed by atoms with Gasteiger partial charge in [-0.05, 0) is 37.8 Å². The van der Waals surface area contributed by atoms with Gasteiger partial charge >= 0.3 is 0 Å². The van der Waals surface area contributed by atoms with Gasteiger partial charge in [-0.3, -0.25) is 0 Å². The Balaban J connectivity index is 1.58. The van der Waals surface area contributed by atoms with Gasteiger partial charge in [-0.1, -0.05) is 30.3 Å². The Morgan fingerprint density at radius 1 is 1.24 bits per heavy atom. The number of hydrogen-bond acceptors (Lipinski definition) is 2. The van der Waals surface area contributed by atoms with Crippen LogP contribution in [0.15, 0.2) is 30.3 Å². The van der Waals surface area contributed by atoms with E-state index in [-0.39, 0.29) is 0 Å². The Bertz CT molecular complexity index is 358. The second-order valence-corrected chi connectivity index (χ2v) is 5.64. The van der Waals surface area contributed by atoms with Crippen LogP contribution in [0.3, 0.4) is 0 Å². The lowest BCUT2D eigenvalue weighted by atomic mass is 10.00. The van der Waals surface area contributed by atoms with Gasteiger partial charge in [-0.15, -0.1) is 0 Å². The topological polar surface area (TPSA) is 15.3 Å². The molecule has 1 aromatic carbocycles. The van der Waals surface area contributed by atoms with Crippen molar-refractivity contribution in [3.8, 4) is 0 Å². The largest absolute Gasteiger partial charge is 0.311 e. The number of nitrogens with zero attached hydrogens (tertiary/aromatic N) is 1. The van der Waals surface area contributed by atoms with E-state index in [1.807, 2.05) is 0 Å². The van der Waals surface area contributed by atoms with Crippen LogP contribution in [0.4, 0.5) is 0 Å². The van der Waals surface area contributed by atoms with E-state index in [9.17, 15) is 0 Å². The smallest absolute Gasteiger partial charge is 0.0258 e. The molecule has 1 saturated heterocycles. The van der Waals surface area contributed by atoms with Gasteiger partial charge in [0, 0.05) is 25.2 Å². The van der Waals surface area contributed by atoms with Gasteiger partial charge < -0.3 is 10.2 Å². The van der Waals surface area contributed by atoms with Crippen LogP contribution < -0.4 is 5.32 Å². The zero-order valence-electron chi connectivity index (χ0n) is 10.6. The monoisotopic (exact) mass is 230 g/mol. The van der Waals surface area contributed by atoms with Gasteiger partial charge in [-0.25, -0.2) is 0 Å². The molecule has 2 fully saturated rings. The summed E-state index contributed by atoms with van der Waals surface area (Å²) in [6.45, 7) is 2.37. The average molecular weight is 230 g/mol. The van der Waals surface area contributed by atoms with E-state index >= 15 is 0 Å². The van der Waals surface area contributed by atoms with Crippen LogP contribution in [0.25, 0.3) is 0 Å².